The second kappa shape index (κ2) is 30.9. The van der Waals surface area contributed by atoms with Crippen molar-refractivity contribution in [1.82, 2.24) is 15.5 Å². The minimum absolute atomic E-state index is 0.0231. The van der Waals surface area contributed by atoms with Crippen LogP contribution < -0.4 is 16.4 Å². The lowest BCUT2D eigenvalue weighted by Gasteiger charge is -2.21. The number of aliphatic hydroxyl groups excluding tert-OH is 1. The zero-order chi connectivity index (χ0) is 36.0. The van der Waals surface area contributed by atoms with Crippen molar-refractivity contribution in [2.75, 3.05) is 40.8 Å². The van der Waals surface area contributed by atoms with Crippen LogP contribution in [-0.4, -0.2) is 70.0 Å². The van der Waals surface area contributed by atoms with E-state index in [-0.39, 0.29) is 6.04 Å². The van der Waals surface area contributed by atoms with Gasteiger partial charge < -0.3 is 36.0 Å². The first-order valence-corrected chi connectivity index (χ1v) is 17.2. The van der Waals surface area contributed by atoms with E-state index in [2.05, 4.69) is 74.2 Å². The molecule has 1 atom stereocenters. The van der Waals surface area contributed by atoms with E-state index in [1.165, 1.54) is 68.9 Å². The molecule has 2 aliphatic carbocycles. The maximum atomic E-state index is 10.1. The van der Waals surface area contributed by atoms with Crippen molar-refractivity contribution in [2.24, 2.45) is 17.1 Å². The Hall–Kier alpha value is -2.74. The lowest BCUT2D eigenvalue weighted by Crippen LogP contribution is -2.31. The number of aryl methyl sites for hydroxylation is 1. The van der Waals surface area contributed by atoms with Crippen LogP contribution in [0.25, 0.3) is 5.70 Å². The molecule has 0 aromatic heterocycles. The summed E-state index contributed by atoms with van der Waals surface area (Å²) in [6, 6.07) is 8.43. The van der Waals surface area contributed by atoms with E-state index in [1.54, 1.807) is 18.8 Å². The molecule has 7 nitrogen and oxygen atoms in total. The summed E-state index contributed by atoms with van der Waals surface area (Å²) in [6.07, 6.45) is 17.2. The molecule has 1 aromatic carbocycles. The Balaban J connectivity index is -0.000000594. The van der Waals surface area contributed by atoms with Gasteiger partial charge in [-0.25, -0.2) is 0 Å². The number of hydrogen-bond acceptors (Lipinski definition) is 7. The molecular formula is C39H72N4O3. The van der Waals surface area contributed by atoms with Crippen molar-refractivity contribution in [3.8, 4) is 0 Å². The Morgan fingerprint density at radius 1 is 1.09 bits per heavy atom. The third-order valence-electron chi connectivity index (χ3n) is 8.50. The maximum Gasteiger partial charge on any atom is 0.137 e. The fraction of sp³-hybridized carbons (Fsp3) is 0.641. The van der Waals surface area contributed by atoms with Gasteiger partial charge in [0.25, 0.3) is 0 Å². The highest BCUT2D eigenvalue weighted by Gasteiger charge is 2.38. The number of carbonyl (C=O) groups is 2. The molecule has 0 aliphatic heterocycles. The summed E-state index contributed by atoms with van der Waals surface area (Å²) in [4.78, 5) is 20.5. The average Bonchev–Trinajstić information content (AvgIpc) is 3.75. The Kier molecular flexibility index (Phi) is 32.0. The predicted molar refractivity (Wildman–Crippen MR) is 202 cm³/mol. The van der Waals surface area contributed by atoms with Crippen LogP contribution in [0.5, 0.6) is 0 Å². The van der Waals surface area contributed by atoms with Gasteiger partial charge in [-0.05, 0) is 89.9 Å². The SMILES string of the molecule is C=C/C(C)=C1\CCC2(CCCC2)C1.C=O.CC.CCCCN(C)CCN/C(=C\N)c1ccc(C)cc1.CNC(C=O)C(C)C.CO. The third-order valence-corrected chi connectivity index (χ3v) is 8.50. The number of allylic oxidation sites excluding steroid dienone is 3. The molecule has 0 bridgehead atoms. The maximum absolute atomic E-state index is 10.1. The van der Waals surface area contributed by atoms with Gasteiger partial charge in [-0.15, -0.1) is 0 Å². The first-order chi connectivity index (χ1) is 22.1. The van der Waals surface area contributed by atoms with Crippen molar-refractivity contribution in [3.63, 3.8) is 0 Å². The smallest absolute Gasteiger partial charge is 0.137 e. The van der Waals surface area contributed by atoms with E-state index >= 15 is 0 Å². The number of nitrogens with zero attached hydrogens (tertiary/aromatic N) is 1. The molecule has 5 N–H and O–H groups in total. The van der Waals surface area contributed by atoms with Crippen LogP contribution >= 0.6 is 0 Å². The minimum atomic E-state index is 0.0231. The molecule has 7 heteroatoms. The number of nitrogens with one attached hydrogen (secondary N) is 2. The van der Waals surface area contributed by atoms with Crippen molar-refractivity contribution in [1.29, 1.82) is 0 Å². The topological polar surface area (TPSA) is 108 Å². The third kappa shape index (κ3) is 20.4. The van der Waals surface area contributed by atoms with Gasteiger partial charge in [-0.2, -0.15) is 0 Å². The summed E-state index contributed by atoms with van der Waals surface area (Å²) in [7, 11) is 4.95. The van der Waals surface area contributed by atoms with Crippen molar-refractivity contribution in [3.05, 3.63) is 65.4 Å². The van der Waals surface area contributed by atoms with Crippen molar-refractivity contribution < 1.29 is 14.7 Å². The molecule has 0 saturated heterocycles. The van der Waals surface area contributed by atoms with Crippen molar-refractivity contribution >= 4 is 18.8 Å². The van der Waals surface area contributed by atoms with Crippen LogP contribution in [0.15, 0.2) is 54.3 Å². The summed E-state index contributed by atoms with van der Waals surface area (Å²) >= 11 is 0. The molecule has 46 heavy (non-hydrogen) atoms. The van der Waals surface area contributed by atoms with E-state index in [0.717, 1.165) is 49.7 Å². The quantitative estimate of drug-likeness (QED) is 0.173. The van der Waals surface area contributed by atoms with Gasteiger partial charge in [-0.1, -0.05) is 108 Å². The van der Waals surface area contributed by atoms with Crippen molar-refractivity contribution in [2.45, 2.75) is 112 Å². The van der Waals surface area contributed by atoms with Gasteiger partial charge in [0.15, 0.2) is 0 Å². The van der Waals surface area contributed by atoms with Gasteiger partial charge in [0.1, 0.15) is 13.1 Å². The summed E-state index contributed by atoms with van der Waals surface area (Å²) in [5.74, 6) is 0.400. The summed E-state index contributed by atoms with van der Waals surface area (Å²) in [6.45, 7) is 23.5. The Morgan fingerprint density at radius 3 is 2.07 bits per heavy atom. The highest BCUT2D eigenvalue weighted by atomic mass is 16.2. The second-order valence-electron chi connectivity index (χ2n) is 12.1. The molecule has 2 fully saturated rings. The molecule has 3 rings (SSSR count). The second-order valence-corrected chi connectivity index (χ2v) is 12.1. The van der Waals surface area contributed by atoms with Gasteiger partial charge in [-0.3, -0.25) is 0 Å². The molecule has 0 heterocycles. The molecule has 0 amide bonds. The van der Waals surface area contributed by atoms with Gasteiger partial charge in [0.2, 0.25) is 0 Å². The van der Waals surface area contributed by atoms with Crippen LogP contribution in [0.2, 0.25) is 0 Å². The number of carbonyl (C=O) groups excluding carboxylic acids is 2. The molecule has 2 aliphatic rings. The zero-order valence-corrected chi connectivity index (χ0v) is 31.4. The first-order valence-electron chi connectivity index (χ1n) is 17.2. The molecule has 266 valence electrons. The lowest BCUT2D eigenvalue weighted by molar-refractivity contribution is -0.110. The minimum Gasteiger partial charge on any atom is -0.403 e. The molecule has 1 aromatic rings. The number of rotatable bonds is 12. The molecule has 1 spiro atoms. The number of hydrogen-bond donors (Lipinski definition) is 4. The normalized spacial score (nSPS) is 16.1. The van der Waals surface area contributed by atoms with Crippen LogP contribution in [0.3, 0.4) is 0 Å². The zero-order valence-electron chi connectivity index (χ0n) is 31.4. The number of aliphatic hydroxyl groups is 1. The molecule has 0 radical (unpaired) electrons. The van der Waals surface area contributed by atoms with E-state index in [0.29, 0.717) is 5.92 Å². The highest BCUT2D eigenvalue weighted by Crippen LogP contribution is 2.53. The van der Waals surface area contributed by atoms with E-state index in [1.807, 2.05) is 40.6 Å². The predicted octanol–water partition coefficient (Wildman–Crippen LogP) is 7.69. The van der Waals surface area contributed by atoms with E-state index < -0.39 is 0 Å². The fourth-order valence-corrected chi connectivity index (χ4v) is 5.55. The number of benzene rings is 1. The number of likely N-dealkylation sites (N-methyl/N-ethyl adjacent to an activating group) is 2. The first kappa shape index (κ1) is 47.7. The van der Waals surface area contributed by atoms with E-state index in [4.69, 9.17) is 15.6 Å². The monoisotopic (exact) mass is 645 g/mol. The Bertz CT molecular complexity index is 935. The number of aldehydes is 1. The van der Waals surface area contributed by atoms with Crippen LogP contribution in [-0.2, 0) is 9.59 Å². The van der Waals surface area contributed by atoms with Crippen LogP contribution in [0.4, 0.5) is 0 Å². The Morgan fingerprint density at radius 2 is 1.65 bits per heavy atom. The number of unbranched alkanes of at least 4 members (excludes halogenated alkanes) is 1. The largest absolute Gasteiger partial charge is 0.403 e. The van der Waals surface area contributed by atoms with Gasteiger partial charge >= 0.3 is 0 Å². The van der Waals surface area contributed by atoms with Gasteiger partial charge in [0.05, 0.1) is 11.7 Å². The summed E-state index contributed by atoms with van der Waals surface area (Å²) in [5.41, 5.74) is 13.0. The number of nitrogens with two attached hydrogens (primary N) is 1. The summed E-state index contributed by atoms with van der Waals surface area (Å²) < 4.78 is 0. The lowest BCUT2D eigenvalue weighted by atomic mass is 9.84. The highest BCUT2D eigenvalue weighted by molar-refractivity contribution is 5.63. The molecule has 2 saturated carbocycles. The van der Waals surface area contributed by atoms with Gasteiger partial charge in [0, 0.05) is 26.4 Å². The summed E-state index contributed by atoms with van der Waals surface area (Å²) in [5, 5.41) is 13.3. The van der Waals surface area contributed by atoms with Crippen LogP contribution in [0.1, 0.15) is 110 Å². The average molecular weight is 645 g/mol. The Labute approximate surface area is 284 Å². The van der Waals surface area contributed by atoms with E-state index in [9.17, 15) is 4.79 Å². The molecular weight excluding hydrogens is 572 g/mol. The standard InChI is InChI=1S/C16H27N3.C13H20.C6H13NO.C2H6.CH4O.CH2O/c1-4-5-11-19(3)12-10-18-16(13-17)15-8-6-14(2)7-9-15;1-3-11(2)12-6-9-13(10-12)7-4-5-8-13;1-5(2)6(4-8)7-3;3*1-2/h6-9,13,18H,4-5,10-12,17H2,1-3H3;3H,1,4-10H2,2H3;4-7H,1-3H3;1-2H3;2H,1H3;1H2/b16-13-;12-11+;;;;. The fourth-order valence-electron chi connectivity index (χ4n) is 5.55. The van der Waals surface area contributed by atoms with Crippen LogP contribution in [0, 0.1) is 18.3 Å². The molecule has 1 unspecified atom stereocenters.